The molecule has 0 bridgehead atoms. The van der Waals surface area contributed by atoms with Crippen LogP contribution in [0, 0.1) is 9.68 Å². The number of aromatic nitrogens is 14. The van der Waals surface area contributed by atoms with E-state index >= 15 is 0 Å². The molecule has 36 N–H and O–H groups in total. The van der Waals surface area contributed by atoms with Crippen molar-refractivity contribution in [1.82, 2.24) is 69.8 Å². The van der Waals surface area contributed by atoms with E-state index in [1.807, 2.05) is 11.2 Å². The summed E-state index contributed by atoms with van der Waals surface area (Å²) in [7, 11) is 0. The lowest BCUT2D eigenvalue weighted by Crippen LogP contribution is -2.26. The summed E-state index contributed by atoms with van der Waals surface area (Å²) in [6.07, 6.45) is 4.92. The van der Waals surface area contributed by atoms with Crippen molar-refractivity contribution in [3.63, 3.8) is 0 Å². The summed E-state index contributed by atoms with van der Waals surface area (Å²) in [5.74, 6) is 0.233. The van der Waals surface area contributed by atoms with E-state index in [4.69, 9.17) is 97.0 Å². The molecule has 41 heteroatoms. The zero-order valence-corrected chi connectivity index (χ0v) is 38.3. The molecule has 71 heavy (non-hydrogen) atoms. The molecule has 7 aromatic heterocycles. The van der Waals surface area contributed by atoms with E-state index in [9.17, 15) is 33.7 Å². The standard InChI is InChI=1S/C5H7N5O.C5H8N4S.C4H5ClN4.C4H5N5O2.2C4H6N4O2.C4H6N4OS/c6-4-3(10-2-11)5(7)9-1-8-4;1-10-5-8-3(6)2-4(7)9-5;5-4-8-1-2(6)3(7)9-4;5-2-1(9-11)3(6)8-4(10)7-2;5-1-2(9)7-4(6)8-3(1)10;2*5-1-2(6)7-4(10)8-3(1)9/h1-2H,(H,10,11)(H4,6,7,8,9);2H,1H3,(H4,6,7,8,9);1H,6H2,(H2,7,8,9);(H5,5,6,7,8,10);3*5H2,(H4,6,7,8,9,10). The molecule has 7 rings (SSSR count). The maximum absolute atomic E-state index is 10.7. The molecule has 0 aromatic carbocycles. The van der Waals surface area contributed by atoms with Crippen LogP contribution < -0.4 is 114 Å². The van der Waals surface area contributed by atoms with Gasteiger partial charge in [-0.3, -0.25) is 44.1 Å². The van der Waals surface area contributed by atoms with Crippen LogP contribution in [-0.4, -0.2) is 87.5 Å². The van der Waals surface area contributed by atoms with Gasteiger partial charge in [-0.05, 0) is 35.3 Å². The van der Waals surface area contributed by atoms with Gasteiger partial charge in [0.05, 0.1) is 11.9 Å². The number of nitrogens with two attached hydrogens (primary N) is 14. The first kappa shape index (κ1) is 58.5. The van der Waals surface area contributed by atoms with Gasteiger partial charge in [0.1, 0.15) is 52.5 Å². The first-order valence-electron chi connectivity index (χ1n) is 17.8. The Labute approximate surface area is 406 Å². The van der Waals surface area contributed by atoms with Crippen molar-refractivity contribution in [2.75, 3.05) is 91.8 Å². The van der Waals surface area contributed by atoms with Crippen LogP contribution in [-0.2, 0) is 4.79 Å². The lowest BCUT2D eigenvalue weighted by Gasteiger charge is -2.03. The number of rotatable bonds is 4. The molecule has 7 heterocycles. The number of amides is 1. The molecule has 1 amide bonds. The molecular formula is C30H43ClN30O8S2. The third-order valence-corrected chi connectivity index (χ3v) is 7.82. The van der Waals surface area contributed by atoms with Crippen molar-refractivity contribution < 1.29 is 9.90 Å². The molecule has 0 aliphatic heterocycles. The maximum Gasteiger partial charge on any atom is 0.348 e. The molecule has 7 aromatic rings. The normalized spacial score (nSPS) is 9.49. The van der Waals surface area contributed by atoms with Crippen LogP contribution in [0.25, 0.3) is 0 Å². The topological polar surface area (TPSA) is 726 Å². The Bertz CT molecular complexity index is 3170. The van der Waals surface area contributed by atoms with E-state index in [1.165, 1.54) is 30.4 Å². The molecule has 0 saturated heterocycles. The summed E-state index contributed by atoms with van der Waals surface area (Å²) < 4.78 is 0.178. The Hall–Kier alpha value is -10.5. The van der Waals surface area contributed by atoms with Crippen LogP contribution in [0.4, 0.5) is 92.4 Å². The highest BCUT2D eigenvalue weighted by Gasteiger charge is 2.07. The number of hydrogen-bond acceptors (Lipinski definition) is 33. The highest BCUT2D eigenvalue weighted by molar-refractivity contribution is 7.98. The van der Waals surface area contributed by atoms with E-state index in [2.05, 4.69) is 87.5 Å². The SMILES string of the molecule is CSc1nc(N)cc(N)n1.Nc1[nH]c(=O)[nH]c(=O)c1N.Nc1[nH]c(=S)[nH]c(=O)c1N.Nc1cnc(Cl)nc1N.Nc1nc(=O)[nH]c(N)c1N=O.Nc1nc(O)c(N)c(=O)[nH]1.Nc1ncnc(N)c1NC=O. The number of hydrogen-bond donors (Lipinski definition) is 22. The zero-order chi connectivity index (χ0) is 54.3. The predicted molar refractivity (Wildman–Crippen MR) is 271 cm³/mol. The predicted octanol–water partition coefficient (Wildman–Crippen LogP) is -4.34. The fraction of sp³-hybridized carbons (Fsp3) is 0.0333. The third kappa shape index (κ3) is 19.9. The lowest BCUT2D eigenvalue weighted by atomic mass is 10.4. The second kappa shape index (κ2) is 27.8. The second-order valence-electron chi connectivity index (χ2n) is 11.9. The summed E-state index contributed by atoms with van der Waals surface area (Å²) in [5.41, 5.74) is 69.8. The van der Waals surface area contributed by atoms with Gasteiger partial charge in [0.25, 0.3) is 16.7 Å². The highest BCUT2D eigenvalue weighted by atomic mass is 35.5. The average molecular weight is 1050 g/mol. The van der Waals surface area contributed by atoms with Crippen molar-refractivity contribution in [2.45, 2.75) is 5.16 Å². The molecule has 0 saturated carbocycles. The van der Waals surface area contributed by atoms with E-state index in [0.717, 1.165) is 0 Å². The Kier molecular flexibility index (Phi) is 22.9. The van der Waals surface area contributed by atoms with Crippen LogP contribution in [0.15, 0.2) is 52.9 Å². The first-order chi connectivity index (χ1) is 33.1. The minimum absolute atomic E-state index is 0.0337. The minimum Gasteiger partial charge on any atom is -0.492 e. The smallest absolute Gasteiger partial charge is 0.348 e. The number of anilines is 15. The van der Waals surface area contributed by atoms with Crippen molar-refractivity contribution in [2.24, 2.45) is 5.18 Å². The van der Waals surface area contributed by atoms with Crippen LogP contribution in [0.5, 0.6) is 5.88 Å². The average Bonchev–Trinajstić information content (AvgIpc) is 3.27. The Balaban J connectivity index is 0.000000414. The fourth-order valence-electron chi connectivity index (χ4n) is 3.67. The Morgan fingerprint density at radius 2 is 1.20 bits per heavy atom. The van der Waals surface area contributed by atoms with Gasteiger partial charge in [0, 0.05) is 6.07 Å². The number of carbonyl (C=O) groups is 1. The second-order valence-corrected chi connectivity index (χ2v) is 13.4. The van der Waals surface area contributed by atoms with Crippen LogP contribution in [0.3, 0.4) is 0 Å². The Morgan fingerprint density at radius 3 is 1.65 bits per heavy atom. The van der Waals surface area contributed by atoms with Crippen LogP contribution >= 0.6 is 35.6 Å². The highest BCUT2D eigenvalue weighted by Crippen LogP contribution is 2.22. The number of H-pyrrole nitrogens is 6. The van der Waals surface area contributed by atoms with E-state index in [1.54, 1.807) is 0 Å². The number of aromatic amines is 6. The van der Waals surface area contributed by atoms with Crippen molar-refractivity contribution in [3.8, 4) is 5.88 Å². The number of nitroso groups, excluding NO2 is 1. The summed E-state index contributed by atoms with van der Waals surface area (Å²) in [4.78, 5) is 114. The van der Waals surface area contributed by atoms with Crippen molar-refractivity contribution in [1.29, 1.82) is 0 Å². The molecule has 0 atom stereocenters. The van der Waals surface area contributed by atoms with E-state index < -0.39 is 33.9 Å². The quantitative estimate of drug-likeness (QED) is 0.0260. The molecule has 0 aliphatic rings. The van der Waals surface area contributed by atoms with Crippen molar-refractivity contribution in [3.05, 3.63) is 85.6 Å². The minimum atomic E-state index is -0.701. The molecule has 0 fully saturated rings. The molecule has 0 unspecified atom stereocenters. The number of aromatic hydroxyl groups is 1. The number of nitrogen functional groups attached to an aromatic ring is 14. The summed E-state index contributed by atoms with van der Waals surface area (Å²) in [6.45, 7) is 0. The van der Waals surface area contributed by atoms with Gasteiger partial charge in [-0.15, -0.1) is 4.91 Å². The largest absolute Gasteiger partial charge is 0.492 e. The van der Waals surface area contributed by atoms with Gasteiger partial charge in [-0.2, -0.15) is 15.0 Å². The van der Waals surface area contributed by atoms with Gasteiger partial charge >= 0.3 is 11.4 Å². The van der Waals surface area contributed by atoms with Crippen LogP contribution in [0.1, 0.15) is 0 Å². The van der Waals surface area contributed by atoms with Gasteiger partial charge in [0.2, 0.25) is 23.5 Å². The lowest BCUT2D eigenvalue weighted by molar-refractivity contribution is -0.105. The van der Waals surface area contributed by atoms with Crippen LogP contribution in [0.2, 0.25) is 5.28 Å². The first-order valence-corrected chi connectivity index (χ1v) is 19.8. The summed E-state index contributed by atoms with van der Waals surface area (Å²) in [5, 5.41) is 14.2. The zero-order valence-electron chi connectivity index (χ0n) is 35.9. The molecule has 38 nitrogen and oxygen atoms in total. The molecule has 380 valence electrons. The molecular weight excluding hydrogens is 1010 g/mol. The third-order valence-electron chi connectivity index (χ3n) is 6.88. The number of thioether (sulfide) groups is 1. The van der Waals surface area contributed by atoms with Gasteiger partial charge in [-0.25, -0.2) is 34.5 Å². The van der Waals surface area contributed by atoms with Gasteiger partial charge in [0.15, 0.2) is 44.6 Å². The fourth-order valence-corrected chi connectivity index (χ4v) is 4.40. The molecule has 0 radical (unpaired) electrons. The number of nitrogens with zero attached hydrogens (tertiary/aromatic N) is 9. The number of halogens is 1. The molecule has 0 spiro atoms. The van der Waals surface area contributed by atoms with Gasteiger partial charge < -0.3 is 95.7 Å². The van der Waals surface area contributed by atoms with Crippen molar-refractivity contribution >= 4 is 134 Å². The van der Waals surface area contributed by atoms with E-state index in [-0.39, 0.29) is 85.2 Å². The number of carbonyl (C=O) groups excluding carboxylic acids is 1. The molecule has 0 aliphatic carbocycles. The maximum atomic E-state index is 10.7. The number of nitrogens with one attached hydrogen (secondary N) is 7. The Morgan fingerprint density at radius 1 is 0.662 bits per heavy atom. The van der Waals surface area contributed by atoms with E-state index in [0.29, 0.717) is 28.9 Å². The summed E-state index contributed by atoms with van der Waals surface area (Å²) >= 11 is 11.4. The van der Waals surface area contributed by atoms with Gasteiger partial charge in [-0.1, -0.05) is 11.8 Å². The summed E-state index contributed by atoms with van der Waals surface area (Å²) in [6, 6.07) is 1.53. The monoisotopic (exact) mass is 1050 g/mol.